The van der Waals surface area contributed by atoms with Crippen LogP contribution in [0.25, 0.3) is 6.08 Å². The first kappa shape index (κ1) is 22.5. The van der Waals surface area contributed by atoms with Crippen molar-refractivity contribution in [2.45, 2.75) is 32.9 Å². The van der Waals surface area contributed by atoms with Gasteiger partial charge in [0.1, 0.15) is 22.8 Å². The monoisotopic (exact) mass is 443 g/mol. The van der Waals surface area contributed by atoms with Gasteiger partial charge in [-0.3, -0.25) is 19.8 Å². The Morgan fingerprint density at radius 3 is 2.59 bits per heavy atom. The van der Waals surface area contributed by atoms with Gasteiger partial charge in [0, 0.05) is 17.7 Å². The van der Waals surface area contributed by atoms with Gasteiger partial charge in [0.2, 0.25) is 5.76 Å². The van der Waals surface area contributed by atoms with E-state index in [1.165, 1.54) is 43.5 Å². The summed E-state index contributed by atoms with van der Waals surface area (Å²) in [5, 5.41) is 13.6. The number of imide groups is 1. The van der Waals surface area contributed by atoms with Gasteiger partial charge in [0.15, 0.2) is 0 Å². The summed E-state index contributed by atoms with van der Waals surface area (Å²) in [6.45, 7) is 5.20. The number of methoxy groups -OCH3 is 1. The van der Waals surface area contributed by atoms with Crippen molar-refractivity contribution in [3.63, 3.8) is 0 Å². The fourth-order valence-electron chi connectivity index (χ4n) is 2.88. The quantitative estimate of drug-likeness (QED) is 0.236. The number of urea groups is 1. The number of hydrogen-bond acceptors (Lipinski definition) is 8. The molecule has 0 spiro atoms. The van der Waals surface area contributed by atoms with E-state index in [0.717, 1.165) is 4.90 Å². The van der Waals surface area contributed by atoms with Gasteiger partial charge in [-0.15, -0.1) is 0 Å². The number of ether oxygens (including phenoxy) is 2. The van der Waals surface area contributed by atoms with Gasteiger partial charge in [-0.2, -0.15) is 0 Å². The number of esters is 1. The first-order valence-corrected chi connectivity index (χ1v) is 9.47. The lowest BCUT2D eigenvalue weighted by Gasteiger charge is -2.22. The second kappa shape index (κ2) is 8.53. The molecule has 0 unspecified atom stereocenters. The van der Waals surface area contributed by atoms with E-state index in [2.05, 4.69) is 10.1 Å². The molecule has 1 aliphatic heterocycles. The molecule has 1 saturated heterocycles. The molecule has 0 saturated carbocycles. The number of benzene rings is 1. The molecule has 1 fully saturated rings. The average Bonchev–Trinajstić information content (AvgIpc) is 3.28. The highest BCUT2D eigenvalue weighted by atomic mass is 16.6. The van der Waals surface area contributed by atoms with Crippen LogP contribution in [-0.4, -0.2) is 40.4 Å². The minimum Gasteiger partial charge on any atom is -0.488 e. The topological polar surface area (TPSA) is 141 Å². The highest BCUT2D eigenvalue weighted by Gasteiger charge is 2.35. The smallest absolute Gasteiger partial charge is 0.373 e. The molecule has 32 heavy (non-hydrogen) atoms. The Balaban J connectivity index is 1.89. The molecule has 0 aliphatic carbocycles. The molecular formula is C21H21N3O8. The maximum Gasteiger partial charge on any atom is 0.373 e. The third kappa shape index (κ3) is 4.94. The van der Waals surface area contributed by atoms with Crippen molar-refractivity contribution in [2.75, 3.05) is 7.11 Å². The minimum atomic E-state index is -0.707. The van der Waals surface area contributed by atoms with E-state index in [1.54, 1.807) is 0 Å². The van der Waals surface area contributed by atoms with Gasteiger partial charge < -0.3 is 19.2 Å². The average molecular weight is 443 g/mol. The number of amides is 3. The van der Waals surface area contributed by atoms with Crippen LogP contribution >= 0.6 is 0 Å². The number of hydrogen-bond donors (Lipinski definition) is 1. The lowest BCUT2D eigenvalue weighted by atomic mass is 10.1. The van der Waals surface area contributed by atoms with Crippen molar-refractivity contribution in [2.24, 2.45) is 0 Å². The van der Waals surface area contributed by atoms with Crippen LogP contribution in [-0.2, 0) is 16.1 Å². The lowest BCUT2D eigenvalue weighted by molar-refractivity contribution is -0.384. The van der Waals surface area contributed by atoms with Crippen LogP contribution in [0.3, 0.4) is 0 Å². The van der Waals surface area contributed by atoms with Crippen molar-refractivity contribution in [1.29, 1.82) is 0 Å². The second-order valence-electron chi connectivity index (χ2n) is 7.83. The van der Waals surface area contributed by atoms with Gasteiger partial charge in [0.25, 0.3) is 11.6 Å². The standard InChI is InChI=1S/C21H21N3O8/c1-21(2,3)32-16-7-5-13(24(28)29)9-12(16)10-15-18(25)23(20(27)22-15)11-14-6-8-17(31-14)19(26)30-4/h5-10H,11H2,1-4H3,(H,22,27)/b15-10-. The van der Waals surface area contributed by atoms with Gasteiger partial charge in [-0.25, -0.2) is 9.59 Å². The number of non-ortho nitro benzene ring substituents is 1. The van der Waals surface area contributed by atoms with Crippen LogP contribution in [0.5, 0.6) is 5.75 Å². The third-order valence-electron chi connectivity index (χ3n) is 4.24. The van der Waals surface area contributed by atoms with Crippen LogP contribution < -0.4 is 10.1 Å². The SMILES string of the molecule is COC(=O)c1ccc(CN2C(=O)N/C(=C\c3cc([N+](=O)[O-])ccc3OC(C)(C)C)C2=O)o1. The van der Waals surface area contributed by atoms with Crippen molar-refractivity contribution >= 4 is 29.7 Å². The highest BCUT2D eigenvalue weighted by molar-refractivity contribution is 6.14. The van der Waals surface area contributed by atoms with Crippen LogP contribution in [0.4, 0.5) is 10.5 Å². The van der Waals surface area contributed by atoms with E-state index >= 15 is 0 Å². The Morgan fingerprint density at radius 1 is 1.25 bits per heavy atom. The lowest BCUT2D eigenvalue weighted by Crippen LogP contribution is -2.30. The Morgan fingerprint density at radius 2 is 1.97 bits per heavy atom. The molecule has 1 aromatic carbocycles. The summed E-state index contributed by atoms with van der Waals surface area (Å²) in [5.41, 5.74) is -0.632. The molecule has 2 aromatic rings. The summed E-state index contributed by atoms with van der Waals surface area (Å²) < 4.78 is 15.7. The Kier molecular flexibility index (Phi) is 6.01. The van der Waals surface area contributed by atoms with Gasteiger partial charge in [-0.1, -0.05) is 0 Å². The second-order valence-corrected chi connectivity index (χ2v) is 7.83. The predicted octanol–water partition coefficient (Wildman–Crippen LogP) is 3.24. The Hall–Kier alpha value is -4.15. The van der Waals surface area contributed by atoms with Crippen LogP contribution in [0.2, 0.25) is 0 Å². The molecule has 11 heteroatoms. The van der Waals surface area contributed by atoms with Gasteiger partial charge >= 0.3 is 12.0 Å². The van der Waals surface area contributed by atoms with Crippen molar-refractivity contribution in [1.82, 2.24) is 10.2 Å². The molecule has 3 rings (SSSR count). The zero-order valence-corrected chi connectivity index (χ0v) is 17.8. The molecule has 0 bridgehead atoms. The number of nitrogens with zero attached hydrogens (tertiary/aromatic N) is 2. The number of nitro benzene ring substituents is 1. The van der Waals surface area contributed by atoms with Gasteiger partial charge in [-0.05, 0) is 45.0 Å². The summed E-state index contributed by atoms with van der Waals surface area (Å²) >= 11 is 0. The number of furan rings is 1. The summed E-state index contributed by atoms with van der Waals surface area (Å²) in [5.74, 6) is -0.914. The first-order chi connectivity index (χ1) is 15.0. The maximum absolute atomic E-state index is 12.8. The maximum atomic E-state index is 12.8. The summed E-state index contributed by atoms with van der Waals surface area (Å²) in [6, 6.07) is 6.10. The number of carbonyl (C=O) groups is 3. The van der Waals surface area contributed by atoms with Crippen LogP contribution in [0, 0.1) is 10.1 Å². The number of nitrogens with one attached hydrogen (secondary N) is 1. The summed E-state index contributed by atoms with van der Waals surface area (Å²) in [6.07, 6.45) is 1.32. The Labute approximate surface area is 182 Å². The zero-order valence-electron chi connectivity index (χ0n) is 17.8. The van der Waals surface area contributed by atoms with Crippen molar-refractivity contribution < 1.29 is 33.2 Å². The number of carbonyl (C=O) groups excluding carboxylic acids is 3. The molecule has 3 amide bonds. The van der Waals surface area contributed by atoms with Crippen LogP contribution in [0.1, 0.15) is 42.6 Å². The van der Waals surface area contributed by atoms with E-state index in [4.69, 9.17) is 9.15 Å². The number of rotatable bonds is 6. The number of nitro groups is 1. The molecule has 2 heterocycles. The molecule has 168 valence electrons. The van der Waals surface area contributed by atoms with Crippen LogP contribution in [0.15, 0.2) is 40.4 Å². The predicted molar refractivity (Wildman–Crippen MR) is 111 cm³/mol. The molecule has 1 aromatic heterocycles. The third-order valence-corrected chi connectivity index (χ3v) is 4.24. The first-order valence-electron chi connectivity index (χ1n) is 9.47. The van der Waals surface area contributed by atoms with Crippen molar-refractivity contribution in [3.8, 4) is 5.75 Å². The molecule has 1 aliphatic rings. The van der Waals surface area contributed by atoms with Crippen molar-refractivity contribution in [3.05, 3.63) is 63.2 Å². The van der Waals surface area contributed by atoms with E-state index in [-0.39, 0.29) is 35.0 Å². The minimum absolute atomic E-state index is 0.0640. The molecule has 0 radical (unpaired) electrons. The van der Waals surface area contributed by atoms with E-state index < -0.39 is 28.4 Å². The summed E-state index contributed by atoms with van der Waals surface area (Å²) in [4.78, 5) is 48.2. The molecule has 11 nitrogen and oxygen atoms in total. The molecule has 0 atom stereocenters. The van der Waals surface area contributed by atoms with Gasteiger partial charge in [0.05, 0.1) is 18.6 Å². The highest BCUT2D eigenvalue weighted by Crippen LogP contribution is 2.30. The van der Waals surface area contributed by atoms with E-state index in [1.807, 2.05) is 20.8 Å². The van der Waals surface area contributed by atoms with E-state index in [9.17, 15) is 24.5 Å². The molecule has 1 N–H and O–H groups in total. The Bertz CT molecular complexity index is 1130. The fourth-order valence-corrected chi connectivity index (χ4v) is 2.88. The molecular weight excluding hydrogens is 422 g/mol. The van der Waals surface area contributed by atoms with E-state index in [0.29, 0.717) is 5.75 Å². The zero-order chi connectivity index (χ0) is 23.6. The normalized spacial score (nSPS) is 15.1. The summed E-state index contributed by atoms with van der Waals surface area (Å²) in [7, 11) is 1.20. The fraction of sp³-hybridized carbons (Fsp3) is 0.286. The largest absolute Gasteiger partial charge is 0.488 e.